The van der Waals surface area contributed by atoms with Gasteiger partial charge in [-0.05, 0) is 24.6 Å². The summed E-state index contributed by atoms with van der Waals surface area (Å²) in [5.41, 5.74) is 6.51. The Morgan fingerprint density at radius 3 is 2.84 bits per heavy atom. The van der Waals surface area contributed by atoms with Gasteiger partial charge in [0.15, 0.2) is 17.3 Å². The average Bonchev–Trinajstić information content (AvgIpc) is 3.01. The van der Waals surface area contributed by atoms with Crippen LogP contribution in [0.3, 0.4) is 0 Å². The molecule has 1 aromatic carbocycles. The van der Waals surface area contributed by atoms with Crippen molar-refractivity contribution in [3.05, 3.63) is 18.2 Å². The molecule has 0 bridgehead atoms. The first-order valence-corrected chi connectivity index (χ1v) is 6.09. The second-order valence-corrected chi connectivity index (χ2v) is 4.68. The van der Waals surface area contributed by atoms with Gasteiger partial charge in [0.2, 0.25) is 5.95 Å². The molecule has 1 saturated heterocycles. The zero-order valence-corrected chi connectivity index (χ0v) is 10.2. The van der Waals surface area contributed by atoms with Crippen molar-refractivity contribution in [3.63, 3.8) is 0 Å². The number of rotatable bonds is 2. The Morgan fingerprint density at radius 1 is 1.32 bits per heavy atom. The van der Waals surface area contributed by atoms with E-state index in [1.165, 1.54) is 12.1 Å². The fourth-order valence-corrected chi connectivity index (χ4v) is 2.16. The molecule has 5 N–H and O–H groups in total. The number of nitrogens with one attached hydrogen (secondary N) is 1. The summed E-state index contributed by atoms with van der Waals surface area (Å²) in [5.74, 6) is 0.814. The molecule has 1 fully saturated rings. The molecule has 7 nitrogen and oxygen atoms in total. The normalized spacial score (nSPS) is 19.0. The molecule has 3 rings (SSSR count). The molecule has 1 aromatic heterocycles. The Bertz CT molecular complexity index is 598. The first-order chi connectivity index (χ1) is 9.13. The highest BCUT2D eigenvalue weighted by Crippen LogP contribution is 2.29. The van der Waals surface area contributed by atoms with Crippen LogP contribution in [-0.4, -0.2) is 44.5 Å². The lowest BCUT2D eigenvalue weighted by molar-refractivity contribution is 0.404. The smallest absolute Gasteiger partial charge is 0.245 e. The molecule has 0 spiro atoms. The average molecular weight is 261 g/mol. The summed E-state index contributed by atoms with van der Waals surface area (Å²) in [4.78, 5) is 6.40. The molecule has 1 aliphatic heterocycles. The standard InChI is InChI=1S/C12H15N5O2/c13-8-3-4-17(6-8)12-14-11(15-16-12)7-1-2-9(18)10(19)5-7/h1-2,5,8,18-19H,3-4,6,13H2,(H,14,15,16). The highest BCUT2D eigenvalue weighted by atomic mass is 16.3. The van der Waals surface area contributed by atoms with Crippen molar-refractivity contribution >= 4 is 5.95 Å². The second kappa shape index (κ2) is 4.43. The molecule has 2 aromatic rings. The maximum Gasteiger partial charge on any atom is 0.245 e. The quantitative estimate of drug-likeness (QED) is 0.583. The van der Waals surface area contributed by atoms with E-state index in [4.69, 9.17) is 5.73 Å². The first kappa shape index (κ1) is 11.8. The van der Waals surface area contributed by atoms with Crippen LogP contribution in [0.15, 0.2) is 18.2 Å². The predicted molar refractivity (Wildman–Crippen MR) is 70.0 cm³/mol. The number of benzene rings is 1. The zero-order chi connectivity index (χ0) is 13.4. The van der Waals surface area contributed by atoms with Gasteiger partial charge in [-0.15, -0.1) is 5.10 Å². The minimum absolute atomic E-state index is 0.158. The number of nitrogens with two attached hydrogens (primary N) is 1. The maximum atomic E-state index is 9.48. The maximum absolute atomic E-state index is 9.48. The van der Waals surface area contributed by atoms with Crippen LogP contribution in [0, 0.1) is 0 Å². The SMILES string of the molecule is NC1CCN(c2n[nH]c(-c3ccc(O)c(O)c3)n2)C1. The summed E-state index contributed by atoms with van der Waals surface area (Å²) >= 11 is 0. The fraction of sp³-hybridized carbons (Fsp3) is 0.333. The lowest BCUT2D eigenvalue weighted by Crippen LogP contribution is -2.26. The number of H-pyrrole nitrogens is 1. The van der Waals surface area contributed by atoms with E-state index in [2.05, 4.69) is 15.2 Å². The van der Waals surface area contributed by atoms with Gasteiger partial charge in [0.25, 0.3) is 0 Å². The van der Waals surface area contributed by atoms with Gasteiger partial charge in [-0.2, -0.15) is 4.98 Å². The minimum Gasteiger partial charge on any atom is -0.504 e. The van der Waals surface area contributed by atoms with Crippen molar-refractivity contribution in [1.29, 1.82) is 0 Å². The molecule has 100 valence electrons. The number of aromatic nitrogens is 3. The van der Waals surface area contributed by atoms with Crippen molar-refractivity contribution < 1.29 is 10.2 Å². The summed E-state index contributed by atoms with van der Waals surface area (Å²) in [6.45, 7) is 1.59. The number of hydrogen-bond acceptors (Lipinski definition) is 6. The number of hydrogen-bond donors (Lipinski definition) is 4. The van der Waals surface area contributed by atoms with E-state index >= 15 is 0 Å². The van der Waals surface area contributed by atoms with Crippen molar-refractivity contribution in [2.24, 2.45) is 5.73 Å². The summed E-state index contributed by atoms with van der Waals surface area (Å²) in [5, 5.41) is 25.7. The van der Waals surface area contributed by atoms with Gasteiger partial charge >= 0.3 is 0 Å². The molecule has 2 heterocycles. The van der Waals surface area contributed by atoms with Gasteiger partial charge in [0.05, 0.1) is 0 Å². The zero-order valence-electron chi connectivity index (χ0n) is 10.2. The Hall–Kier alpha value is -2.28. The molecular formula is C12H15N5O2. The molecule has 1 aliphatic rings. The molecule has 1 atom stereocenters. The molecule has 19 heavy (non-hydrogen) atoms. The van der Waals surface area contributed by atoms with E-state index < -0.39 is 0 Å². The molecule has 0 amide bonds. The van der Waals surface area contributed by atoms with Crippen molar-refractivity contribution in [2.45, 2.75) is 12.5 Å². The molecule has 7 heteroatoms. The molecule has 0 radical (unpaired) electrons. The lowest BCUT2D eigenvalue weighted by atomic mass is 10.2. The van der Waals surface area contributed by atoms with Crippen LogP contribution in [0.1, 0.15) is 6.42 Å². The highest BCUT2D eigenvalue weighted by molar-refractivity contribution is 5.61. The Morgan fingerprint density at radius 2 is 2.16 bits per heavy atom. The first-order valence-electron chi connectivity index (χ1n) is 6.09. The summed E-state index contributed by atoms with van der Waals surface area (Å²) < 4.78 is 0. The Kier molecular flexibility index (Phi) is 2.75. The second-order valence-electron chi connectivity index (χ2n) is 4.68. The minimum atomic E-state index is -0.182. The summed E-state index contributed by atoms with van der Waals surface area (Å²) in [6, 6.07) is 4.68. The van der Waals surface area contributed by atoms with Crippen LogP contribution >= 0.6 is 0 Å². The largest absolute Gasteiger partial charge is 0.504 e. The lowest BCUT2D eigenvalue weighted by Gasteiger charge is -2.11. The van der Waals surface area contributed by atoms with E-state index in [1.54, 1.807) is 6.07 Å². The molecule has 0 aliphatic carbocycles. The number of anilines is 1. The number of nitrogens with zero attached hydrogens (tertiary/aromatic N) is 3. The van der Waals surface area contributed by atoms with E-state index in [1.807, 2.05) is 4.90 Å². The van der Waals surface area contributed by atoms with Crippen molar-refractivity contribution in [1.82, 2.24) is 15.2 Å². The third-order valence-corrected chi connectivity index (χ3v) is 3.23. The highest BCUT2D eigenvalue weighted by Gasteiger charge is 2.22. The van der Waals surface area contributed by atoms with E-state index in [9.17, 15) is 10.2 Å². The third-order valence-electron chi connectivity index (χ3n) is 3.23. The van der Waals surface area contributed by atoms with Gasteiger partial charge in [0, 0.05) is 24.7 Å². The van der Waals surface area contributed by atoms with E-state index in [-0.39, 0.29) is 17.5 Å². The van der Waals surface area contributed by atoms with E-state index in [0.717, 1.165) is 19.5 Å². The molecule has 1 unspecified atom stereocenters. The van der Waals surface area contributed by atoms with Crippen LogP contribution < -0.4 is 10.6 Å². The summed E-state index contributed by atoms with van der Waals surface area (Å²) in [7, 11) is 0. The van der Waals surface area contributed by atoms with Crippen molar-refractivity contribution in [3.8, 4) is 22.9 Å². The van der Waals surface area contributed by atoms with Gasteiger partial charge in [-0.1, -0.05) is 0 Å². The molecular weight excluding hydrogens is 246 g/mol. The topological polar surface area (TPSA) is 111 Å². The number of phenols is 2. The number of aromatic amines is 1. The number of aromatic hydroxyl groups is 2. The van der Waals surface area contributed by atoms with Gasteiger partial charge in [0.1, 0.15) is 0 Å². The van der Waals surface area contributed by atoms with Crippen LogP contribution in [0.2, 0.25) is 0 Å². The summed E-state index contributed by atoms with van der Waals surface area (Å²) in [6.07, 6.45) is 0.934. The van der Waals surface area contributed by atoms with Crippen LogP contribution in [0.5, 0.6) is 11.5 Å². The third kappa shape index (κ3) is 2.19. The van der Waals surface area contributed by atoms with Crippen molar-refractivity contribution in [2.75, 3.05) is 18.0 Å². The van der Waals surface area contributed by atoms with Crippen LogP contribution in [-0.2, 0) is 0 Å². The van der Waals surface area contributed by atoms with E-state index in [0.29, 0.717) is 17.3 Å². The van der Waals surface area contributed by atoms with Crippen LogP contribution in [0.25, 0.3) is 11.4 Å². The Balaban J connectivity index is 1.86. The van der Waals surface area contributed by atoms with Gasteiger partial charge < -0.3 is 20.8 Å². The monoisotopic (exact) mass is 261 g/mol. The number of phenolic OH excluding ortho intramolecular Hbond substituents is 2. The Labute approximate surface area is 109 Å². The predicted octanol–water partition coefficient (Wildman–Crippen LogP) is 0.420. The van der Waals surface area contributed by atoms with Gasteiger partial charge in [-0.3, -0.25) is 5.10 Å². The molecule has 0 saturated carbocycles. The fourth-order valence-electron chi connectivity index (χ4n) is 2.16. The van der Waals surface area contributed by atoms with Crippen LogP contribution in [0.4, 0.5) is 5.95 Å². The van der Waals surface area contributed by atoms with Gasteiger partial charge in [-0.25, -0.2) is 0 Å².